The van der Waals surface area contributed by atoms with Gasteiger partial charge in [0.1, 0.15) is 41.8 Å². The van der Waals surface area contributed by atoms with Gasteiger partial charge in [-0.25, -0.2) is 8.78 Å². The topological polar surface area (TPSA) is 99.4 Å². The quantitative estimate of drug-likeness (QED) is 0.579. The molecule has 0 aromatic heterocycles. The molecule has 0 spiro atoms. The molecule has 4 N–H and O–H groups in total. The van der Waals surface area contributed by atoms with E-state index in [1.807, 2.05) is 0 Å². The third kappa shape index (κ3) is 3.05. The predicted molar refractivity (Wildman–Crippen MR) is 60.8 cm³/mol. The monoisotopic (exact) mass is 292 g/mol. The largest absolute Gasteiger partial charge is 0.462 e. The second kappa shape index (κ2) is 5.98. The molecule has 20 heavy (non-hydrogen) atoms. The van der Waals surface area contributed by atoms with Crippen LogP contribution in [0.5, 0.6) is 5.75 Å². The molecular formula is C12H14F2O6. The Balaban J connectivity index is 2.15. The van der Waals surface area contributed by atoms with Crippen LogP contribution < -0.4 is 4.74 Å². The van der Waals surface area contributed by atoms with Gasteiger partial charge in [-0.3, -0.25) is 0 Å². The number of hydrogen-bond donors (Lipinski definition) is 4. The van der Waals surface area contributed by atoms with Gasteiger partial charge in [0.05, 0.1) is 6.61 Å². The molecule has 0 saturated carbocycles. The lowest BCUT2D eigenvalue weighted by Crippen LogP contribution is -2.60. The molecule has 1 fully saturated rings. The number of ether oxygens (including phenoxy) is 2. The van der Waals surface area contributed by atoms with Crippen molar-refractivity contribution in [1.29, 1.82) is 0 Å². The normalized spacial score (nSPS) is 34.0. The highest BCUT2D eigenvalue weighted by atomic mass is 19.1. The first kappa shape index (κ1) is 15.1. The number of benzene rings is 1. The van der Waals surface area contributed by atoms with Crippen molar-refractivity contribution in [3.05, 3.63) is 29.8 Å². The lowest BCUT2D eigenvalue weighted by Gasteiger charge is -2.39. The number of aliphatic hydroxyl groups is 4. The van der Waals surface area contributed by atoms with Crippen molar-refractivity contribution in [2.45, 2.75) is 30.7 Å². The van der Waals surface area contributed by atoms with Crippen molar-refractivity contribution in [1.82, 2.24) is 0 Å². The van der Waals surface area contributed by atoms with E-state index < -0.39 is 48.9 Å². The molecule has 1 saturated heterocycles. The fraction of sp³-hybridized carbons (Fsp3) is 0.500. The van der Waals surface area contributed by atoms with E-state index in [0.717, 1.165) is 12.1 Å². The van der Waals surface area contributed by atoms with Crippen LogP contribution in [0.1, 0.15) is 0 Å². The third-order valence-corrected chi connectivity index (χ3v) is 2.94. The summed E-state index contributed by atoms with van der Waals surface area (Å²) in [6, 6.07) is 2.37. The van der Waals surface area contributed by atoms with Gasteiger partial charge in [-0.15, -0.1) is 0 Å². The Hall–Kier alpha value is -1.32. The maximum absolute atomic E-state index is 13.0. The zero-order valence-electron chi connectivity index (χ0n) is 10.2. The SMILES string of the molecule is OC[C@H]1O[C@H](Oc2cc(F)cc(F)c2)[C@H](O)[C@@H](O)[C@H]1O. The van der Waals surface area contributed by atoms with Crippen molar-refractivity contribution in [3.8, 4) is 5.75 Å². The van der Waals surface area contributed by atoms with Crippen LogP contribution in [-0.2, 0) is 4.74 Å². The van der Waals surface area contributed by atoms with Gasteiger partial charge < -0.3 is 29.9 Å². The Labute approximate surface area is 112 Å². The number of halogens is 2. The number of rotatable bonds is 3. The van der Waals surface area contributed by atoms with Crippen molar-refractivity contribution >= 4 is 0 Å². The molecule has 0 bridgehead atoms. The van der Waals surface area contributed by atoms with Crippen LogP contribution in [0.4, 0.5) is 8.78 Å². The summed E-state index contributed by atoms with van der Waals surface area (Å²) in [4.78, 5) is 0. The molecule has 0 aliphatic carbocycles. The van der Waals surface area contributed by atoms with Crippen LogP contribution in [0, 0.1) is 11.6 Å². The molecule has 2 rings (SSSR count). The maximum Gasteiger partial charge on any atom is 0.229 e. The Kier molecular flexibility index (Phi) is 4.51. The second-order valence-corrected chi connectivity index (χ2v) is 4.42. The van der Waals surface area contributed by atoms with Gasteiger partial charge in [-0.1, -0.05) is 0 Å². The lowest BCUT2D eigenvalue weighted by molar-refractivity contribution is -0.277. The van der Waals surface area contributed by atoms with Crippen molar-refractivity contribution in [2.75, 3.05) is 6.61 Å². The first-order chi connectivity index (χ1) is 9.42. The minimum Gasteiger partial charge on any atom is -0.462 e. The molecule has 1 aromatic rings. The Morgan fingerprint density at radius 1 is 1.00 bits per heavy atom. The van der Waals surface area contributed by atoms with Gasteiger partial charge in [0, 0.05) is 18.2 Å². The summed E-state index contributed by atoms with van der Waals surface area (Å²) in [5, 5.41) is 37.8. The van der Waals surface area contributed by atoms with Gasteiger partial charge in [-0.2, -0.15) is 0 Å². The molecule has 1 aromatic carbocycles. The molecule has 1 aliphatic heterocycles. The molecule has 1 aliphatic rings. The molecule has 112 valence electrons. The van der Waals surface area contributed by atoms with Crippen LogP contribution in [-0.4, -0.2) is 57.7 Å². The van der Waals surface area contributed by atoms with Crippen LogP contribution >= 0.6 is 0 Å². The number of aliphatic hydroxyl groups excluding tert-OH is 4. The van der Waals surface area contributed by atoms with Gasteiger partial charge >= 0.3 is 0 Å². The maximum atomic E-state index is 13.0. The first-order valence-electron chi connectivity index (χ1n) is 5.85. The van der Waals surface area contributed by atoms with Crippen LogP contribution in [0.25, 0.3) is 0 Å². The minimum atomic E-state index is -1.64. The molecule has 0 amide bonds. The van der Waals surface area contributed by atoms with E-state index in [0.29, 0.717) is 6.07 Å². The summed E-state index contributed by atoms with van der Waals surface area (Å²) in [5.41, 5.74) is 0. The average molecular weight is 292 g/mol. The Morgan fingerprint density at radius 2 is 1.60 bits per heavy atom. The average Bonchev–Trinajstić information content (AvgIpc) is 2.38. The lowest BCUT2D eigenvalue weighted by atomic mass is 9.99. The summed E-state index contributed by atoms with van der Waals surface area (Å²) >= 11 is 0. The highest BCUT2D eigenvalue weighted by molar-refractivity contribution is 5.24. The van der Waals surface area contributed by atoms with Crippen molar-refractivity contribution < 1.29 is 38.7 Å². The van der Waals surface area contributed by atoms with E-state index in [4.69, 9.17) is 14.6 Å². The summed E-state index contributed by atoms with van der Waals surface area (Å²) in [6.45, 7) is -0.623. The molecule has 5 atom stereocenters. The van der Waals surface area contributed by atoms with Gasteiger partial charge in [0.15, 0.2) is 0 Å². The van der Waals surface area contributed by atoms with E-state index >= 15 is 0 Å². The standard InChI is InChI=1S/C12H14F2O6/c13-5-1-6(14)3-7(2-5)19-12-11(18)10(17)9(16)8(4-15)20-12/h1-3,8-12,15-18H,4H2/t8-,9+,10+,11-,12+/m1/s1. The molecule has 0 radical (unpaired) electrons. The Bertz CT molecular complexity index is 449. The van der Waals surface area contributed by atoms with E-state index in [-0.39, 0.29) is 5.75 Å². The fourth-order valence-electron chi connectivity index (χ4n) is 1.90. The smallest absolute Gasteiger partial charge is 0.229 e. The zero-order valence-corrected chi connectivity index (χ0v) is 10.2. The van der Waals surface area contributed by atoms with Crippen LogP contribution in [0.3, 0.4) is 0 Å². The van der Waals surface area contributed by atoms with E-state index in [1.165, 1.54) is 0 Å². The number of hydrogen-bond acceptors (Lipinski definition) is 6. The molecule has 6 nitrogen and oxygen atoms in total. The van der Waals surface area contributed by atoms with Crippen molar-refractivity contribution in [3.63, 3.8) is 0 Å². The Morgan fingerprint density at radius 3 is 2.15 bits per heavy atom. The minimum absolute atomic E-state index is 0.258. The van der Waals surface area contributed by atoms with Crippen LogP contribution in [0.2, 0.25) is 0 Å². The highest BCUT2D eigenvalue weighted by Gasteiger charge is 2.44. The molecule has 8 heteroatoms. The molecular weight excluding hydrogens is 278 g/mol. The second-order valence-electron chi connectivity index (χ2n) is 4.42. The summed E-state index contributed by atoms with van der Waals surface area (Å²) < 4.78 is 36.1. The molecule has 0 unspecified atom stereocenters. The first-order valence-corrected chi connectivity index (χ1v) is 5.85. The van der Waals surface area contributed by atoms with Gasteiger partial charge in [-0.05, 0) is 0 Å². The van der Waals surface area contributed by atoms with E-state index in [9.17, 15) is 24.1 Å². The van der Waals surface area contributed by atoms with E-state index in [1.54, 1.807) is 0 Å². The summed E-state index contributed by atoms with van der Waals surface area (Å²) in [7, 11) is 0. The fourth-order valence-corrected chi connectivity index (χ4v) is 1.90. The molecule has 1 heterocycles. The highest BCUT2D eigenvalue weighted by Crippen LogP contribution is 2.25. The summed E-state index contributed by atoms with van der Waals surface area (Å²) in [5.74, 6) is -2.03. The summed E-state index contributed by atoms with van der Waals surface area (Å²) in [6.07, 6.45) is -7.42. The van der Waals surface area contributed by atoms with Crippen molar-refractivity contribution in [2.24, 2.45) is 0 Å². The zero-order chi connectivity index (χ0) is 14.9. The van der Waals surface area contributed by atoms with Gasteiger partial charge in [0.25, 0.3) is 0 Å². The third-order valence-electron chi connectivity index (χ3n) is 2.94. The van der Waals surface area contributed by atoms with Gasteiger partial charge in [0.2, 0.25) is 6.29 Å². The predicted octanol–water partition coefficient (Wildman–Crippen LogP) is -0.857. The van der Waals surface area contributed by atoms with Crippen LogP contribution in [0.15, 0.2) is 18.2 Å². The van der Waals surface area contributed by atoms with E-state index in [2.05, 4.69) is 0 Å².